The van der Waals surface area contributed by atoms with Crippen LogP contribution in [0, 0.1) is 23.2 Å². The first kappa shape index (κ1) is 11.0. The highest BCUT2D eigenvalue weighted by Crippen LogP contribution is 2.63. The second kappa shape index (κ2) is 3.84. The second-order valence-electron chi connectivity index (χ2n) is 7.17. The third-order valence-electron chi connectivity index (χ3n) is 5.90. The maximum absolute atomic E-state index is 6.69. The number of benzene rings is 1. The molecule has 0 amide bonds. The first-order chi connectivity index (χ1) is 8.75. The van der Waals surface area contributed by atoms with E-state index in [2.05, 4.69) is 30.3 Å². The number of rotatable bonds is 2. The lowest BCUT2D eigenvalue weighted by atomic mass is 9.47. The Morgan fingerprint density at radius 3 is 1.89 bits per heavy atom. The van der Waals surface area contributed by atoms with Crippen LogP contribution in [0.1, 0.15) is 50.1 Å². The van der Waals surface area contributed by atoms with Crippen molar-refractivity contribution in [1.82, 2.24) is 0 Å². The Hall–Kier alpha value is -0.820. The molecule has 96 valence electrons. The Bertz CT molecular complexity index is 401. The molecule has 1 aromatic rings. The van der Waals surface area contributed by atoms with Crippen LogP contribution in [-0.2, 0) is 0 Å². The molecule has 0 aromatic heterocycles. The minimum absolute atomic E-state index is 0.270. The van der Waals surface area contributed by atoms with E-state index in [1.54, 1.807) is 0 Å². The van der Waals surface area contributed by atoms with E-state index in [1.807, 2.05) is 0 Å². The molecule has 1 heteroatoms. The quantitative estimate of drug-likeness (QED) is 0.835. The van der Waals surface area contributed by atoms with Crippen molar-refractivity contribution in [1.29, 1.82) is 0 Å². The van der Waals surface area contributed by atoms with Gasteiger partial charge in [0.05, 0.1) is 0 Å². The Balaban J connectivity index is 1.67. The molecule has 1 atom stereocenters. The number of nitrogens with two attached hydrogens (primary N) is 1. The molecule has 0 aliphatic heterocycles. The summed E-state index contributed by atoms with van der Waals surface area (Å²) in [7, 11) is 0. The van der Waals surface area contributed by atoms with E-state index in [9.17, 15) is 0 Å². The minimum Gasteiger partial charge on any atom is -0.323 e. The summed E-state index contributed by atoms with van der Waals surface area (Å²) in [5.74, 6) is 2.98. The summed E-state index contributed by atoms with van der Waals surface area (Å²) in [6.45, 7) is 0. The summed E-state index contributed by atoms with van der Waals surface area (Å²) in [4.78, 5) is 0. The lowest BCUT2D eigenvalue weighted by Gasteiger charge is -2.59. The van der Waals surface area contributed by atoms with Gasteiger partial charge in [-0.3, -0.25) is 0 Å². The molecular formula is C17H23N. The summed E-state index contributed by atoms with van der Waals surface area (Å²) in [5.41, 5.74) is 8.50. The van der Waals surface area contributed by atoms with E-state index in [-0.39, 0.29) is 6.04 Å². The van der Waals surface area contributed by atoms with Gasteiger partial charge in [-0.2, -0.15) is 0 Å². The molecule has 4 aliphatic carbocycles. The van der Waals surface area contributed by atoms with Crippen molar-refractivity contribution in [2.24, 2.45) is 28.9 Å². The van der Waals surface area contributed by atoms with Crippen LogP contribution < -0.4 is 5.73 Å². The maximum atomic E-state index is 6.69. The topological polar surface area (TPSA) is 26.0 Å². The predicted molar refractivity (Wildman–Crippen MR) is 74.0 cm³/mol. The van der Waals surface area contributed by atoms with Gasteiger partial charge in [0, 0.05) is 6.04 Å². The minimum atomic E-state index is 0.270. The van der Waals surface area contributed by atoms with Gasteiger partial charge in [0.1, 0.15) is 0 Å². The Morgan fingerprint density at radius 2 is 1.39 bits per heavy atom. The molecule has 0 radical (unpaired) electrons. The van der Waals surface area contributed by atoms with Crippen molar-refractivity contribution in [3.63, 3.8) is 0 Å². The summed E-state index contributed by atoms with van der Waals surface area (Å²) in [6.07, 6.45) is 8.70. The van der Waals surface area contributed by atoms with Crippen LogP contribution in [0.15, 0.2) is 30.3 Å². The largest absolute Gasteiger partial charge is 0.323 e. The van der Waals surface area contributed by atoms with Gasteiger partial charge in [0.25, 0.3) is 0 Å². The summed E-state index contributed by atoms with van der Waals surface area (Å²) in [5, 5.41) is 0. The van der Waals surface area contributed by atoms with Crippen LogP contribution in [0.2, 0.25) is 0 Å². The zero-order chi connectivity index (χ0) is 12.2. The molecule has 2 N–H and O–H groups in total. The van der Waals surface area contributed by atoms with Crippen LogP contribution in [0.5, 0.6) is 0 Å². The van der Waals surface area contributed by atoms with Crippen molar-refractivity contribution < 1.29 is 0 Å². The van der Waals surface area contributed by atoms with Crippen molar-refractivity contribution in [3.8, 4) is 0 Å². The zero-order valence-corrected chi connectivity index (χ0v) is 11.0. The van der Waals surface area contributed by atoms with E-state index in [0.29, 0.717) is 5.41 Å². The van der Waals surface area contributed by atoms with Gasteiger partial charge >= 0.3 is 0 Å². The Labute approximate surface area is 110 Å². The Kier molecular flexibility index (Phi) is 2.35. The van der Waals surface area contributed by atoms with E-state index in [4.69, 9.17) is 5.73 Å². The average Bonchev–Trinajstić information content (AvgIpc) is 2.37. The van der Waals surface area contributed by atoms with Gasteiger partial charge in [0.15, 0.2) is 0 Å². The van der Waals surface area contributed by atoms with Gasteiger partial charge in [-0.15, -0.1) is 0 Å². The fourth-order valence-corrected chi connectivity index (χ4v) is 5.57. The zero-order valence-electron chi connectivity index (χ0n) is 11.0. The van der Waals surface area contributed by atoms with E-state index >= 15 is 0 Å². The molecular weight excluding hydrogens is 218 g/mol. The first-order valence-electron chi connectivity index (χ1n) is 7.56. The van der Waals surface area contributed by atoms with Gasteiger partial charge in [-0.1, -0.05) is 30.3 Å². The summed E-state index contributed by atoms with van der Waals surface area (Å²) < 4.78 is 0. The SMILES string of the molecule is N[C@@H](c1ccccc1)C12CC3CC(CC(C3)C1)C2. The van der Waals surface area contributed by atoms with Crippen LogP contribution in [0.3, 0.4) is 0 Å². The molecule has 1 nitrogen and oxygen atoms in total. The first-order valence-corrected chi connectivity index (χ1v) is 7.56. The number of hydrogen-bond donors (Lipinski definition) is 1. The lowest BCUT2D eigenvalue weighted by molar-refractivity contribution is -0.0677. The highest BCUT2D eigenvalue weighted by atomic mass is 14.7. The normalized spacial score (nSPS) is 43.1. The smallest absolute Gasteiger partial charge is 0.0352 e. The van der Waals surface area contributed by atoms with Gasteiger partial charge < -0.3 is 5.73 Å². The third kappa shape index (κ3) is 1.56. The molecule has 18 heavy (non-hydrogen) atoms. The van der Waals surface area contributed by atoms with Crippen molar-refractivity contribution in [2.45, 2.75) is 44.6 Å². The standard InChI is InChI=1S/C17H23N/c18-16(15-4-2-1-3-5-15)17-9-12-6-13(10-17)8-14(7-12)11-17/h1-5,12-14,16H,6-11,18H2/t12?,13?,14?,16-,17?/m0/s1. The fraction of sp³-hybridized carbons (Fsp3) is 0.647. The van der Waals surface area contributed by atoms with Crippen molar-refractivity contribution in [3.05, 3.63) is 35.9 Å². The predicted octanol–water partition coefficient (Wildman–Crippen LogP) is 3.90. The molecule has 4 bridgehead atoms. The van der Waals surface area contributed by atoms with Crippen molar-refractivity contribution in [2.75, 3.05) is 0 Å². The fourth-order valence-electron chi connectivity index (χ4n) is 5.57. The van der Waals surface area contributed by atoms with Gasteiger partial charge in [0.2, 0.25) is 0 Å². The molecule has 5 rings (SSSR count). The van der Waals surface area contributed by atoms with Crippen LogP contribution in [0.25, 0.3) is 0 Å². The molecule has 0 heterocycles. The molecule has 1 aromatic carbocycles. The van der Waals surface area contributed by atoms with Gasteiger partial charge in [-0.25, -0.2) is 0 Å². The summed E-state index contributed by atoms with van der Waals surface area (Å²) in [6, 6.07) is 11.1. The molecule has 0 spiro atoms. The van der Waals surface area contributed by atoms with Crippen LogP contribution in [0.4, 0.5) is 0 Å². The molecule has 4 saturated carbocycles. The highest BCUT2D eigenvalue weighted by molar-refractivity contribution is 5.23. The van der Waals surface area contributed by atoms with Crippen LogP contribution >= 0.6 is 0 Å². The molecule has 0 saturated heterocycles. The van der Waals surface area contributed by atoms with Crippen LogP contribution in [-0.4, -0.2) is 0 Å². The molecule has 0 unspecified atom stereocenters. The number of hydrogen-bond acceptors (Lipinski definition) is 1. The monoisotopic (exact) mass is 241 g/mol. The maximum Gasteiger partial charge on any atom is 0.0352 e. The summed E-state index contributed by atoms with van der Waals surface area (Å²) >= 11 is 0. The van der Waals surface area contributed by atoms with E-state index < -0.39 is 0 Å². The Morgan fingerprint density at radius 1 is 0.889 bits per heavy atom. The van der Waals surface area contributed by atoms with Crippen molar-refractivity contribution >= 4 is 0 Å². The highest BCUT2D eigenvalue weighted by Gasteiger charge is 2.53. The lowest BCUT2D eigenvalue weighted by Crippen LogP contribution is -2.50. The second-order valence-corrected chi connectivity index (χ2v) is 7.17. The molecule has 4 fully saturated rings. The van der Waals surface area contributed by atoms with E-state index in [1.165, 1.54) is 44.1 Å². The third-order valence-corrected chi connectivity index (χ3v) is 5.90. The van der Waals surface area contributed by atoms with E-state index in [0.717, 1.165) is 17.8 Å². The average molecular weight is 241 g/mol. The molecule has 4 aliphatic rings. The van der Waals surface area contributed by atoms with Gasteiger partial charge in [-0.05, 0) is 67.3 Å².